The Morgan fingerprint density at radius 3 is 2.19 bits per heavy atom. The van der Waals surface area contributed by atoms with Gasteiger partial charge in [0.25, 0.3) is 11.7 Å². The van der Waals surface area contributed by atoms with Gasteiger partial charge in [0, 0.05) is 5.69 Å². The number of primary amides is 1. The summed E-state index contributed by atoms with van der Waals surface area (Å²) in [4.78, 5) is 10.5. The Kier molecular flexibility index (Phi) is 3.11. The number of alkyl halides is 3. The van der Waals surface area contributed by atoms with Gasteiger partial charge in [0.15, 0.2) is 0 Å². The Labute approximate surface area is 90.4 Å². The number of halogens is 3. The molecule has 0 aliphatic rings. The Bertz CT molecular complexity index is 379. The SMILES string of the molecule is CC(F)(Nc1ccccc1)C(F)(F)C(N)=O. The Morgan fingerprint density at radius 2 is 1.75 bits per heavy atom. The molecule has 1 aromatic rings. The Hall–Kier alpha value is -1.72. The fourth-order valence-electron chi connectivity index (χ4n) is 1.10. The average molecular weight is 232 g/mol. The number of amides is 1. The summed E-state index contributed by atoms with van der Waals surface area (Å²) in [6, 6.07) is 7.53. The van der Waals surface area contributed by atoms with Gasteiger partial charge in [0.1, 0.15) is 0 Å². The zero-order valence-corrected chi connectivity index (χ0v) is 8.51. The molecule has 88 valence electrons. The molecule has 0 aliphatic carbocycles. The van der Waals surface area contributed by atoms with Crippen molar-refractivity contribution in [2.75, 3.05) is 5.32 Å². The first-order chi connectivity index (χ1) is 7.27. The molecule has 1 rings (SSSR count). The summed E-state index contributed by atoms with van der Waals surface area (Å²) < 4.78 is 39.8. The molecule has 1 unspecified atom stereocenters. The van der Waals surface area contributed by atoms with Gasteiger partial charge in [-0.3, -0.25) is 4.79 Å². The number of nitrogens with two attached hydrogens (primary N) is 1. The first-order valence-electron chi connectivity index (χ1n) is 4.47. The highest BCUT2D eigenvalue weighted by atomic mass is 19.3. The molecule has 1 atom stereocenters. The second kappa shape index (κ2) is 4.03. The minimum absolute atomic E-state index is 0.133. The predicted molar refractivity (Wildman–Crippen MR) is 53.7 cm³/mol. The third-order valence-corrected chi connectivity index (χ3v) is 2.05. The van der Waals surface area contributed by atoms with Crippen molar-refractivity contribution >= 4 is 11.6 Å². The van der Waals surface area contributed by atoms with E-state index in [0.717, 1.165) is 0 Å². The van der Waals surface area contributed by atoms with Gasteiger partial charge in [0.05, 0.1) is 0 Å². The van der Waals surface area contributed by atoms with Gasteiger partial charge in [-0.1, -0.05) is 18.2 Å². The molecule has 0 heterocycles. The zero-order chi connectivity index (χ0) is 12.4. The molecule has 0 spiro atoms. The van der Waals surface area contributed by atoms with Crippen LogP contribution in [-0.2, 0) is 4.79 Å². The first kappa shape index (κ1) is 12.4. The smallest absolute Gasteiger partial charge is 0.364 e. The number of nitrogens with one attached hydrogen (secondary N) is 1. The first-order valence-corrected chi connectivity index (χ1v) is 4.47. The minimum Gasteiger partial charge on any atom is -0.364 e. The number of benzene rings is 1. The van der Waals surface area contributed by atoms with Crippen LogP contribution in [0.5, 0.6) is 0 Å². The second-order valence-corrected chi connectivity index (χ2v) is 3.43. The molecule has 6 heteroatoms. The van der Waals surface area contributed by atoms with E-state index < -0.39 is 17.6 Å². The van der Waals surface area contributed by atoms with Gasteiger partial charge in [-0.15, -0.1) is 0 Å². The molecule has 0 saturated heterocycles. The molecule has 1 aromatic carbocycles. The number of carbonyl (C=O) groups is 1. The maximum atomic E-state index is 13.6. The summed E-state index contributed by atoms with van der Waals surface area (Å²) in [7, 11) is 0. The van der Waals surface area contributed by atoms with Crippen LogP contribution in [0.25, 0.3) is 0 Å². The van der Waals surface area contributed by atoms with Crippen molar-refractivity contribution in [2.45, 2.75) is 18.6 Å². The lowest BCUT2D eigenvalue weighted by molar-refractivity contribution is -0.162. The van der Waals surface area contributed by atoms with Crippen LogP contribution in [0.1, 0.15) is 6.92 Å². The van der Waals surface area contributed by atoms with Crippen molar-refractivity contribution in [3.8, 4) is 0 Å². The average Bonchev–Trinajstić information content (AvgIpc) is 2.18. The van der Waals surface area contributed by atoms with Crippen LogP contribution in [0.4, 0.5) is 18.9 Å². The molecule has 0 fully saturated rings. The Morgan fingerprint density at radius 1 is 1.25 bits per heavy atom. The molecule has 0 radical (unpaired) electrons. The van der Waals surface area contributed by atoms with Gasteiger partial charge in [-0.2, -0.15) is 8.78 Å². The van der Waals surface area contributed by atoms with Gasteiger partial charge in [0.2, 0.25) is 0 Å². The fraction of sp³-hybridized carbons (Fsp3) is 0.300. The van der Waals surface area contributed by atoms with Crippen molar-refractivity contribution in [2.24, 2.45) is 5.73 Å². The van der Waals surface area contributed by atoms with Crippen LogP contribution in [-0.4, -0.2) is 17.6 Å². The van der Waals surface area contributed by atoms with Crippen LogP contribution >= 0.6 is 0 Å². The van der Waals surface area contributed by atoms with E-state index in [1.165, 1.54) is 12.1 Å². The maximum absolute atomic E-state index is 13.6. The third-order valence-electron chi connectivity index (χ3n) is 2.05. The number of para-hydroxylation sites is 1. The lowest BCUT2D eigenvalue weighted by atomic mass is 10.1. The molecule has 0 saturated carbocycles. The molecule has 16 heavy (non-hydrogen) atoms. The van der Waals surface area contributed by atoms with Crippen LogP contribution in [0.2, 0.25) is 0 Å². The molecule has 3 N–H and O–H groups in total. The molecule has 1 amide bonds. The van der Waals surface area contributed by atoms with Gasteiger partial charge < -0.3 is 11.1 Å². The van der Waals surface area contributed by atoms with E-state index in [2.05, 4.69) is 5.73 Å². The van der Waals surface area contributed by atoms with Gasteiger partial charge in [-0.05, 0) is 19.1 Å². The van der Waals surface area contributed by atoms with E-state index in [4.69, 9.17) is 0 Å². The quantitative estimate of drug-likeness (QED) is 0.779. The van der Waals surface area contributed by atoms with Crippen LogP contribution in [0.15, 0.2) is 30.3 Å². The third kappa shape index (κ3) is 2.26. The summed E-state index contributed by atoms with van der Waals surface area (Å²) in [6.45, 7) is 0.560. The summed E-state index contributed by atoms with van der Waals surface area (Å²) >= 11 is 0. The molecule has 0 bridgehead atoms. The highest BCUT2D eigenvalue weighted by Gasteiger charge is 2.56. The fourth-order valence-corrected chi connectivity index (χ4v) is 1.10. The summed E-state index contributed by atoms with van der Waals surface area (Å²) in [5, 5.41) is 1.92. The van der Waals surface area contributed by atoms with E-state index in [1.807, 2.05) is 5.32 Å². The van der Waals surface area contributed by atoms with E-state index >= 15 is 0 Å². The van der Waals surface area contributed by atoms with Crippen LogP contribution in [0.3, 0.4) is 0 Å². The zero-order valence-electron chi connectivity index (χ0n) is 8.51. The molecular weight excluding hydrogens is 221 g/mol. The van der Waals surface area contributed by atoms with Crippen LogP contribution < -0.4 is 11.1 Å². The minimum atomic E-state index is -4.29. The molecule has 3 nitrogen and oxygen atoms in total. The standard InChI is InChI=1S/C10H11F3N2O/c1-9(11,10(12,13)8(14)16)15-7-5-3-2-4-6-7/h2-6,15H,1H3,(H2,14,16). The summed E-state index contributed by atoms with van der Waals surface area (Å²) in [5.41, 5.74) is 4.57. The van der Waals surface area contributed by atoms with Gasteiger partial charge >= 0.3 is 5.92 Å². The van der Waals surface area contributed by atoms with E-state index in [0.29, 0.717) is 6.92 Å². The van der Waals surface area contributed by atoms with Crippen molar-refractivity contribution in [3.05, 3.63) is 30.3 Å². The summed E-state index contributed by atoms with van der Waals surface area (Å²) in [5.74, 6) is -9.54. The molecule has 0 aromatic heterocycles. The lowest BCUT2D eigenvalue weighted by Crippen LogP contribution is -2.55. The molecular formula is C10H11F3N2O. The largest absolute Gasteiger partial charge is 0.375 e. The van der Waals surface area contributed by atoms with E-state index in [-0.39, 0.29) is 5.69 Å². The topological polar surface area (TPSA) is 55.1 Å². The van der Waals surface area contributed by atoms with E-state index in [1.54, 1.807) is 18.2 Å². The number of carbonyl (C=O) groups excluding carboxylic acids is 1. The number of hydrogen-bond donors (Lipinski definition) is 2. The van der Waals surface area contributed by atoms with Crippen molar-refractivity contribution in [3.63, 3.8) is 0 Å². The highest BCUT2D eigenvalue weighted by Crippen LogP contribution is 2.32. The maximum Gasteiger partial charge on any atom is 0.375 e. The monoisotopic (exact) mass is 232 g/mol. The van der Waals surface area contributed by atoms with Crippen LogP contribution in [0, 0.1) is 0 Å². The van der Waals surface area contributed by atoms with Crippen molar-refractivity contribution < 1.29 is 18.0 Å². The lowest BCUT2D eigenvalue weighted by Gasteiger charge is -2.29. The predicted octanol–water partition coefficient (Wildman–Crippen LogP) is 1.90. The summed E-state index contributed by atoms with van der Waals surface area (Å²) in [6.07, 6.45) is 0. The number of rotatable bonds is 4. The Balaban J connectivity index is 2.92. The second-order valence-electron chi connectivity index (χ2n) is 3.43. The van der Waals surface area contributed by atoms with Gasteiger partial charge in [-0.25, -0.2) is 4.39 Å². The molecule has 0 aliphatic heterocycles. The normalized spacial score (nSPS) is 15.2. The van der Waals surface area contributed by atoms with Crippen molar-refractivity contribution in [1.29, 1.82) is 0 Å². The van der Waals surface area contributed by atoms with E-state index in [9.17, 15) is 18.0 Å². The highest BCUT2D eigenvalue weighted by molar-refractivity contribution is 5.83. The van der Waals surface area contributed by atoms with Crippen molar-refractivity contribution in [1.82, 2.24) is 0 Å². The number of anilines is 1. The number of hydrogen-bond acceptors (Lipinski definition) is 2.